The first kappa shape index (κ1) is 28.5. The van der Waals surface area contributed by atoms with Crippen LogP contribution in [0.2, 0.25) is 0 Å². The van der Waals surface area contributed by atoms with E-state index in [2.05, 4.69) is 14.8 Å². The van der Waals surface area contributed by atoms with Crippen molar-refractivity contribution < 1.29 is 31.5 Å². The standard InChI is InChI=1S/C29H32F3N3O4S/c1-40(38,39)22-8-9-25-23(17-22)26(28(36)37)24(27(33-25)19-6-5-7-20(16-19)29(30,31)32)18-34-14-10-21(11-15-34)35-12-3-2-4-13-35/h5-9,16-17,21H,2-4,10-15,18H2,1H3,(H,36,37). The minimum Gasteiger partial charge on any atom is -0.478 e. The van der Waals surface area contributed by atoms with E-state index in [1.807, 2.05) is 0 Å². The summed E-state index contributed by atoms with van der Waals surface area (Å²) in [5.74, 6) is -1.29. The van der Waals surface area contributed by atoms with Crippen LogP contribution >= 0.6 is 0 Å². The van der Waals surface area contributed by atoms with Crippen molar-refractivity contribution in [3.8, 4) is 11.3 Å². The number of carboxylic acid groups (broad SMARTS) is 1. The molecular formula is C29H32F3N3O4S. The van der Waals surface area contributed by atoms with Gasteiger partial charge in [0.25, 0.3) is 0 Å². The number of aromatic carboxylic acids is 1. The lowest BCUT2D eigenvalue weighted by molar-refractivity contribution is -0.137. The largest absolute Gasteiger partial charge is 0.478 e. The molecule has 214 valence electrons. The Morgan fingerprint density at radius 2 is 1.73 bits per heavy atom. The summed E-state index contributed by atoms with van der Waals surface area (Å²) in [5.41, 5.74) is -0.206. The van der Waals surface area contributed by atoms with Crippen LogP contribution in [0.25, 0.3) is 22.2 Å². The lowest BCUT2D eigenvalue weighted by atomic mass is 9.94. The van der Waals surface area contributed by atoms with E-state index in [0.29, 0.717) is 19.1 Å². The van der Waals surface area contributed by atoms with Crippen LogP contribution in [0.5, 0.6) is 0 Å². The molecule has 1 N–H and O–H groups in total. The van der Waals surface area contributed by atoms with Gasteiger partial charge >= 0.3 is 12.1 Å². The Labute approximate surface area is 231 Å². The van der Waals surface area contributed by atoms with Crippen LogP contribution in [0.15, 0.2) is 47.4 Å². The zero-order valence-corrected chi connectivity index (χ0v) is 23.1. The maximum absolute atomic E-state index is 13.6. The number of fused-ring (bicyclic) bond motifs is 1. The Hall–Kier alpha value is -3.02. The van der Waals surface area contributed by atoms with Gasteiger partial charge in [0.15, 0.2) is 9.84 Å². The molecule has 7 nitrogen and oxygen atoms in total. The number of halogens is 3. The average Bonchev–Trinajstić information content (AvgIpc) is 2.92. The van der Waals surface area contributed by atoms with Gasteiger partial charge in [0.05, 0.1) is 27.2 Å². The van der Waals surface area contributed by atoms with Crippen molar-refractivity contribution in [1.29, 1.82) is 0 Å². The Bertz CT molecular complexity index is 1530. The van der Waals surface area contributed by atoms with E-state index < -0.39 is 27.5 Å². The molecule has 0 radical (unpaired) electrons. The van der Waals surface area contributed by atoms with E-state index in [0.717, 1.165) is 44.3 Å². The molecule has 0 atom stereocenters. The van der Waals surface area contributed by atoms with Gasteiger partial charge in [-0.25, -0.2) is 18.2 Å². The summed E-state index contributed by atoms with van der Waals surface area (Å²) >= 11 is 0. The molecule has 3 heterocycles. The number of carboxylic acids is 1. The highest BCUT2D eigenvalue weighted by Crippen LogP contribution is 2.36. The minimum absolute atomic E-state index is 0.0515. The van der Waals surface area contributed by atoms with Gasteiger partial charge in [-0.2, -0.15) is 13.2 Å². The summed E-state index contributed by atoms with van der Waals surface area (Å²) in [7, 11) is -3.64. The highest BCUT2D eigenvalue weighted by molar-refractivity contribution is 7.90. The summed E-state index contributed by atoms with van der Waals surface area (Å²) in [4.78, 5) is 21.9. The van der Waals surface area contributed by atoms with Crippen LogP contribution in [-0.4, -0.2) is 72.8 Å². The number of sulfone groups is 1. The van der Waals surface area contributed by atoms with Crippen molar-refractivity contribution in [3.05, 3.63) is 59.2 Å². The van der Waals surface area contributed by atoms with Gasteiger partial charge in [0.2, 0.25) is 0 Å². The molecule has 0 bridgehead atoms. The molecule has 1 aromatic heterocycles. The fourth-order valence-electron chi connectivity index (χ4n) is 5.94. The Morgan fingerprint density at radius 3 is 2.35 bits per heavy atom. The van der Waals surface area contributed by atoms with Gasteiger partial charge < -0.3 is 10.0 Å². The third kappa shape index (κ3) is 6.01. The molecule has 5 rings (SSSR count). The summed E-state index contributed by atoms with van der Waals surface area (Å²) in [5, 5.41) is 10.5. The van der Waals surface area contributed by atoms with E-state index in [1.54, 1.807) is 0 Å². The highest BCUT2D eigenvalue weighted by atomic mass is 32.2. The summed E-state index contributed by atoms with van der Waals surface area (Å²) in [6.07, 6.45) is 1.93. The van der Waals surface area contributed by atoms with Crippen molar-refractivity contribution >= 4 is 26.7 Å². The van der Waals surface area contributed by atoms with E-state index in [9.17, 15) is 31.5 Å². The van der Waals surface area contributed by atoms with Crippen molar-refractivity contribution in [3.63, 3.8) is 0 Å². The number of piperidine rings is 2. The predicted molar refractivity (Wildman–Crippen MR) is 146 cm³/mol. The number of hydrogen-bond donors (Lipinski definition) is 1. The molecule has 3 aromatic rings. The fraction of sp³-hybridized carbons (Fsp3) is 0.448. The molecule has 2 fully saturated rings. The third-order valence-corrected chi connectivity index (χ3v) is 9.12. The lowest BCUT2D eigenvalue weighted by Crippen LogP contribution is -2.46. The number of carbonyl (C=O) groups is 1. The number of hydrogen-bond acceptors (Lipinski definition) is 6. The Balaban J connectivity index is 1.60. The SMILES string of the molecule is CS(=O)(=O)c1ccc2nc(-c3cccc(C(F)(F)F)c3)c(CN3CCC(N4CCCCC4)CC3)c(C(=O)O)c2c1. The van der Waals surface area contributed by atoms with Gasteiger partial charge in [-0.1, -0.05) is 18.6 Å². The maximum atomic E-state index is 13.6. The average molecular weight is 576 g/mol. The zero-order valence-electron chi connectivity index (χ0n) is 22.2. The van der Waals surface area contributed by atoms with Crippen molar-refractivity contribution in [2.75, 3.05) is 32.4 Å². The summed E-state index contributed by atoms with van der Waals surface area (Å²) in [6.45, 7) is 3.77. The number of likely N-dealkylation sites (tertiary alicyclic amines) is 2. The van der Waals surface area contributed by atoms with Crippen LogP contribution in [0.4, 0.5) is 13.2 Å². The Kier molecular flexibility index (Phi) is 7.91. The Morgan fingerprint density at radius 1 is 1.02 bits per heavy atom. The topological polar surface area (TPSA) is 90.8 Å². The fourth-order valence-corrected chi connectivity index (χ4v) is 6.59. The second-order valence-corrected chi connectivity index (χ2v) is 12.8. The number of nitrogens with zero attached hydrogens (tertiary/aromatic N) is 3. The lowest BCUT2D eigenvalue weighted by Gasteiger charge is -2.40. The number of benzene rings is 2. The van der Waals surface area contributed by atoms with Crippen LogP contribution in [0.3, 0.4) is 0 Å². The number of rotatable bonds is 6. The van der Waals surface area contributed by atoms with Gasteiger partial charge in [-0.05, 0) is 82.2 Å². The number of aromatic nitrogens is 1. The zero-order chi connectivity index (χ0) is 28.7. The van der Waals surface area contributed by atoms with E-state index in [4.69, 9.17) is 0 Å². The molecule has 2 aliphatic heterocycles. The van der Waals surface area contributed by atoms with Crippen LogP contribution in [-0.2, 0) is 22.6 Å². The van der Waals surface area contributed by atoms with Crippen molar-refractivity contribution in [2.45, 2.75) is 55.8 Å². The second kappa shape index (κ2) is 11.1. The molecule has 0 spiro atoms. The quantitative estimate of drug-likeness (QED) is 0.417. The summed E-state index contributed by atoms with van der Waals surface area (Å²) in [6, 6.07) is 9.22. The molecule has 2 aromatic carbocycles. The first-order valence-corrected chi connectivity index (χ1v) is 15.3. The molecule has 0 amide bonds. The maximum Gasteiger partial charge on any atom is 0.416 e. The third-order valence-electron chi connectivity index (χ3n) is 8.01. The molecule has 11 heteroatoms. The highest BCUT2D eigenvalue weighted by Gasteiger charge is 2.32. The van der Waals surface area contributed by atoms with Gasteiger partial charge in [0, 0.05) is 35.4 Å². The van der Waals surface area contributed by atoms with Crippen LogP contribution in [0.1, 0.15) is 53.6 Å². The van der Waals surface area contributed by atoms with Crippen molar-refractivity contribution in [2.24, 2.45) is 0 Å². The van der Waals surface area contributed by atoms with E-state index in [1.165, 1.54) is 49.6 Å². The van der Waals surface area contributed by atoms with Crippen LogP contribution < -0.4 is 0 Å². The van der Waals surface area contributed by atoms with E-state index in [-0.39, 0.29) is 44.7 Å². The molecule has 0 unspecified atom stereocenters. The number of pyridine rings is 1. The smallest absolute Gasteiger partial charge is 0.416 e. The molecule has 0 aliphatic carbocycles. The van der Waals surface area contributed by atoms with E-state index >= 15 is 0 Å². The number of alkyl halides is 3. The minimum atomic E-state index is -4.58. The molecule has 0 saturated carbocycles. The monoisotopic (exact) mass is 575 g/mol. The van der Waals surface area contributed by atoms with Gasteiger partial charge in [-0.3, -0.25) is 4.90 Å². The predicted octanol–water partition coefficient (Wildman–Crippen LogP) is 5.47. The summed E-state index contributed by atoms with van der Waals surface area (Å²) < 4.78 is 65.2. The molecular weight excluding hydrogens is 543 g/mol. The van der Waals surface area contributed by atoms with Crippen LogP contribution in [0, 0.1) is 0 Å². The molecule has 40 heavy (non-hydrogen) atoms. The molecule has 2 aliphatic rings. The molecule has 2 saturated heterocycles. The second-order valence-electron chi connectivity index (χ2n) is 10.8. The first-order chi connectivity index (χ1) is 18.9. The van der Waals surface area contributed by atoms with Gasteiger partial charge in [-0.15, -0.1) is 0 Å². The normalized spacial score (nSPS) is 18.3. The van der Waals surface area contributed by atoms with Crippen molar-refractivity contribution in [1.82, 2.24) is 14.8 Å². The van der Waals surface area contributed by atoms with Gasteiger partial charge in [0.1, 0.15) is 0 Å². The first-order valence-electron chi connectivity index (χ1n) is 13.5.